The molecule has 0 heterocycles. The first-order valence-electron chi connectivity index (χ1n) is 0. The van der Waals surface area contributed by atoms with Gasteiger partial charge >= 0.3 is 0 Å². The number of hydrogen-bond acceptors (Lipinski definition) is 1. The number of hydrogen-bond donors (Lipinski definition) is 1. The molecule has 0 aromatic carbocycles. The number of quaternary nitrogens is 1. The van der Waals surface area contributed by atoms with E-state index in [9.17, 15) is 0 Å². The highest BCUT2D eigenvalue weighted by Crippen LogP contribution is 0.145. The van der Waals surface area contributed by atoms with Crippen molar-refractivity contribution in [3.8, 4) is 0 Å². The second-order valence-corrected chi connectivity index (χ2v) is 0. The molecule has 0 aliphatic heterocycles. The van der Waals surface area contributed by atoms with Gasteiger partial charge < -0.3 is 11.6 Å². The van der Waals surface area contributed by atoms with E-state index in [1.54, 1.807) is 0 Å². The van der Waals surface area contributed by atoms with Crippen molar-refractivity contribution < 1.29 is 5.48 Å². The molecule has 0 radical (unpaired) electrons. The summed E-state index contributed by atoms with van der Waals surface area (Å²) in [6.07, 6.45) is 0. The van der Waals surface area contributed by atoms with Gasteiger partial charge in [-0.25, -0.2) is 0 Å². The lowest BCUT2D eigenvalue weighted by Crippen LogP contribution is -0.481. The van der Waals surface area contributed by atoms with Crippen LogP contribution in [0.3, 0.4) is 0 Å². The van der Waals surface area contributed by atoms with E-state index in [1.807, 2.05) is 0 Å². The van der Waals surface area contributed by atoms with Crippen LogP contribution in [0.5, 0.6) is 0 Å². The lowest BCUT2D eigenvalue weighted by Gasteiger charge is -0.870. The van der Waals surface area contributed by atoms with E-state index in [-0.39, 0.29) is 26.5 Å². The minimum Gasteiger partial charge on any atom is -0.870 e. The molecule has 0 rings (SSSR count). The SMILES string of the molecule is C.C.[NH4+].[OH-]. The fourth-order valence-corrected chi connectivity index (χ4v) is 0. The van der Waals surface area contributed by atoms with Gasteiger partial charge in [-0.2, -0.15) is 0 Å². The summed E-state index contributed by atoms with van der Waals surface area (Å²) in [6.45, 7) is 0. The van der Waals surface area contributed by atoms with Crippen LogP contribution < -0.4 is 6.15 Å². The summed E-state index contributed by atoms with van der Waals surface area (Å²) in [5.41, 5.74) is 0. The highest BCUT2D eigenvalue weighted by molar-refractivity contribution is 2.50. The van der Waals surface area contributed by atoms with E-state index in [0.717, 1.165) is 0 Å². The van der Waals surface area contributed by atoms with Crippen molar-refractivity contribution in [2.24, 2.45) is 0 Å². The molecule has 2 nitrogen and oxygen atoms in total. The molecule has 0 aliphatic carbocycles. The van der Waals surface area contributed by atoms with Crippen molar-refractivity contribution >= 4 is 0 Å². The highest BCUT2D eigenvalue weighted by Gasteiger charge is -0.0765. The minimum atomic E-state index is 0. The molecule has 0 aliphatic rings. The fourth-order valence-electron chi connectivity index (χ4n) is 0. The Balaban J connectivity index is 0. The third-order valence-electron chi connectivity index (χ3n) is 0. The van der Waals surface area contributed by atoms with E-state index in [2.05, 4.69) is 0 Å². The van der Waals surface area contributed by atoms with Crippen LogP contribution in [-0.4, -0.2) is 5.48 Å². The topological polar surface area (TPSA) is 66.5 Å². The van der Waals surface area contributed by atoms with E-state index in [4.69, 9.17) is 0 Å². The Morgan fingerprint density at radius 3 is 0.750 bits per heavy atom. The smallest absolute Gasteiger partial charge is 0.0776 e. The molecule has 0 aromatic rings. The van der Waals surface area contributed by atoms with E-state index in [0.29, 0.717) is 0 Å². The van der Waals surface area contributed by atoms with E-state index >= 15 is 0 Å². The largest absolute Gasteiger partial charge is 0.870 e. The maximum absolute atomic E-state index is 0. The van der Waals surface area contributed by atoms with Crippen molar-refractivity contribution in [3.05, 3.63) is 0 Å². The molecular formula is C2H13NO. The number of rotatable bonds is 0. The van der Waals surface area contributed by atoms with Gasteiger partial charge in [0.25, 0.3) is 0 Å². The Kier molecular flexibility index (Phi) is 2200000. The second-order valence-electron chi connectivity index (χ2n) is 0. The molecule has 0 bridgehead atoms. The van der Waals surface area contributed by atoms with Crippen LogP contribution in [0.4, 0.5) is 0 Å². The van der Waals surface area contributed by atoms with Gasteiger partial charge in [-0.05, 0) is 0 Å². The first-order chi connectivity index (χ1) is 0. The average Bonchev–Trinajstić information content (AvgIpc) is 0. The van der Waals surface area contributed by atoms with Crippen molar-refractivity contribution in [1.82, 2.24) is 6.15 Å². The minimum absolute atomic E-state index is 0. The molecule has 0 saturated heterocycles. The van der Waals surface area contributed by atoms with Crippen LogP contribution in [0.25, 0.3) is 0 Å². The predicted octanol–water partition coefficient (Wildman–Crippen LogP) is 1.47. The molecule has 0 aromatic heterocycles. The van der Waals surface area contributed by atoms with Crippen LogP contribution in [0.15, 0.2) is 0 Å². The molecule has 0 unspecified atom stereocenters. The Morgan fingerprint density at radius 1 is 0.750 bits per heavy atom. The lowest BCUT2D eigenvalue weighted by atomic mass is 12.0. The monoisotopic (exact) mass is 67.1 g/mol. The van der Waals surface area contributed by atoms with Gasteiger partial charge in [-0.15, -0.1) is 0 Å². The summed E-state index contributed by atoms with van der Waals surface area (Å²) < 4.78 is 0. The van der Waals surface area contributed by atoms with Crippen LogP contribution in [-0.2, 0) is 0 Å². The summed E-state index contributed by atoms with van der Waals surface area (Å²) in [5, 5.41) is 0. The maximum Gasteiger partial charge on any atom is -0.0776 e. The predicted molar refractivity (Wildman–Crippen MR) is 21.4 cm³/mol. The zero-order valence-electron chi connectivity index (χ0n) is 1.45. The summed E-state index contributed by atoms with van der Waals surface area (Å²) >= 11 is 0. The van der Waals surface area contributed by atoms with Gasteiger partial charge in [0.2, 0.25) is 0 Å². The van der Waals surface area contributed by atoms with Crippen molar-refractivity contribution in [2.75, 3.05) is 0 Å². The molecular weight excluding hydrogens is 54.0 g/mol. The van der Waals surface area contributed by atoms with Gasteiger partial charge in [-0.3, -0.25) is 0 Å². The average molecular weight is 67.1 g/mol. The summed E-state index contributed by atoms with van der Waals surface area (Å²) in [6, 6.07) is 0. The van der Waals surface area contributed by atoms with Crippen LogP contribution in [0.2, 0.25) is 0 Å². The van der Waals surface area contributed by atoms with Crippen molar-refractivity contribution in [2.45, 2.75) is 14.9 Å². The van der Waals surface area contributed by atoms with Crippen LogP contribution >= 0.6 is 0 Å². The Labute approximate surface area is 27.7 Å². The molecule has 0 amide bonds. The van der Waals surface area contributed by atoms with Gasteiger partial charge in [0.15, 0.2) is 0 Å². The molecule has 0 saturated carbocycles. The van der Waals surface area contributed by atoms with Crippen molar-refractivity contribution in [3.63, 3.8) is 0 Å². The van der Waals surface area contributed by atoms with Crippen molar-refractivity contribution in [1.29, 1.82) is 0 Å². The maximum atomic E-state index is 0. The first kappa shape index (κ1) is 5220. The normalized spacial score (nSPS) is 0. The zero-order chi connectivity index (χ0) is 0. The molecule has 2 heteroatoms. The van der Waals surface area contributed by atoms with Gasteiger partial charge in [0.05, 0.1) is 0 Å². The lowest BCUT2D eigenvalue weighted by molar-refractivity contribution is 0.824. The summed E-state index contributed by atoms with van der Waals surface area (Å²) in [4.78, 5) is 0. The molecule has 0 fully saturated rings. The van der Waals surface area contributed by atoms with Gasteiger partial charge in [-0.1, -0.05) is 14.9 Å². The van der Waals surface area contributed by atoms with Crippen LogP contribution in [0, 0.1) is 0 Å². The molecule has 4 heavy (non-hydrogen) atoms. The Bertz CT molecular complexity index is 6.00. The Morgan fingerprint density at radius 2 is 0.750 bits per heavy atom. The third kappa shape index (κ3) is 254. The van der Waals surface area contributed by atoms with Gasteiger partial charge in [0.1, 0.15) is 0 Å². The summed E-state index contributed by atoms with van der Waals surface area (Å²) in [5.74, 6) is 0. The fraction of sp³-hybridized carbons (Fsp3) is 1.00. The first-order valence-corrected chi connectivity index (χ1v) is 0. The van der Waals surface area contributed by atoms with Crippen LogP contribution in [0.1, 0.15) is 14.9 Å². The molecule has 0 atom stereocenters. The molecule has 32 valence electrons. The second kappa shape index (κ2) is 1680. The molecule has 0 spiro atoms. The zero-order valence-corrected chi connectivity index (χ0v) is 1.45. The third-order valence-corrected chi connectivity index (χ3v) is 0. The standard InChI is InChI=1S/2CH4.H3N.H2O/h2*1H4;1H3;1H2. The highest BCUT2D eigenvalue weighted by atomic mass is 16.0. The summed E-state index contributed by atoms with van der Waals surface area (Å²) in [7, 11) is 0. The quantitative estimate of drug-likeness (QED) is 0.458. The van der Waals surface area contributed by atoms with E-state index < -0.39 is 0 Å². The Hall–Kier alpha value is -0.0800. The molecule has 5 N–H and O–H groups in total. The van der Waals surface area contributed by atoms with Gasteiger partial charge in [0, 0.05) is 0 Å². The van der Waals surface area contributed by atoms with E-state index in [1.165, 1.54) is 0 Å².